The number of benzene rings is 1. The molecule has 0 radical (unpaired) electrons. The van der Waals surface area contributed by atoms with Gasteiger partial charge in [0.2, 0.25) is 0 Å². The second kappa shape index (κ2) is 4.55. The Kier molecular flexibility index (Phi) is 2.94. The highest BCUT2D eigenvalue weighted by atomic mass is 15.1. The van der Waals surface area contributed by atoms with Crippen molar-refractivity contribution in [1.82, 2.24) is 10.2 Å². The van der Waals surface area contributed by atoms with Crippen molar-refractivity contribution in [3.05, 3.63) is 30.0 Å². The molecule has 1 aromatic carbocycles. The fraction of sp³-hybridized carbons (Fsp3) is 0.182. The molecular weight excluding hydrogens is 202 g/mol. The third-order valence-electron chi connectivity index (χ3n) is 2.22. The Morgan fingerprint density at radius 3 is 2.88 bits per heavy atom. The summed E-state index contributed by atoms with van der Waals surface area (Å²) in [5.74, 6) is 0. The molecule has 1 heterocycles. The van der Waals surface area contributed by atoms with E-state index >= 15 is 0 Å². The molecule has 0 amide bonds. The molecule has 0 spiro atoms. The third kappa shape index (κ3) is 1.78. The molecule has 0 fully saturated rings. The topological polar surface area (TPSA) is 87.6 Å². The molecule has 0 saturated carbocycles. The second-order valence-corrected chi connectivity index (χ2v) is 3.27. The average Bonchev–Trinajstić information content (AvgIpc) is 2.35. The van der Waals surface area contributed by atoms with Crippen LogP contribution < -0.4 is 11.1 Å². The predicted molar refractivity (Wildman–Crippen MR) is 61.8 cm³/mol. The summed E-state index contributed by atoms with van der Waals surface area (Å²) in [5, 5.41) is 20.8. The van der Waals surface area contributed by atoms with Crippen LogP contribution in [0.15, 0.2) is 24.3 Å². The Balaban J connectivity index is 2.60. The molecular formula is C11H11N5. The van der Waals surface area contributed by atoms with Crippen LogP contribution in [0.4, 0.5) is 5.69 Å². The highest BCUT2D eigenvalue weighted by Crippen LogP contribution is 2.23. The minimum absolute atomic E-state index is 0.298. The van der Waals surface area contributed by atoms with E-state index in [2.05, 4.69) is 15.5 Å². The van der Waals surface area contributed by atoms with Crippen LogP contribution in [0, 0.1) is 11.3 Å². The van der Waals surface area contributed by atoms with E-state index in [9.17, 15) is 0 Å². The Hall–Kier alpha value is -2.19. The lowest BCUT2D eigenvalue weighted by Crippen LogP contribution is -2.14. The smallest absolute Gasteiger partial charge is 0.186 e. The van der Waals surface area contributed by atoms with E-state index in [-0.39, 0.29) is 0 Å². The van der Waals surface area contributed by atoms with Crippen molar-refractivity contribution >= 4 is 16.6 Å². The molecule has 0 atom stereocenters. The first-order valence-electron chi connectivity index (χ1n) is 4.96. The van der Waals surface area contributed by atoms with Crippen LogP contribution in [0.25, 0.3) is 10.9 Å². The molecule has 0 unspecified atom stereocenters. The molecule has 0 aliphatic carbocycles. The molecule has 2 aromatic rings. The fourth-order valence-corrected chi connectivity index (χ4v) is 1.51. The number of aromatic nitrogens is 2. The number of nitrogens with zero attached hydrogens (tertiary/aromatic N) is 3. The zero-order valence-corrected chi connectivity index (χ0v) is 8.64. The standard InChI is InChI=1S/C11H11N5/c12-5-6-14-11-8-3-1-2-4-9(8)15-16-10(11)7-13/h1-4H,5-6,12H2,(H,14,15). The predicted octanol–water partition coefficient (Wildman–Crippen LogP) is 0.872. The average molecular weight is 213 g/mol. The van der Waals surface area contributed by atoms with Gasteiger partial charge in [-0.25, -0.2) is 0 Å². The molecule has 3 N–H and O–H groups in total. The lowest BCUT2D eigenvalue weighted by molar-refractivity contribution is 1.00. The largest absolute Gasteiger partial charge is 0.381 e. The van der Waals surface area contributed by atoms with E-state index in [1.54, 1.807) is 0 Å². The minimum atomic E-state index is 0.298. The highest BCUT2D eigenvalue weighted by Gasteiger charge is 2.08. The van der Waals surface area contributed by atoms with E-state index in [4.69, 9.17) is 11.0 Å². The molecule has 80 valence electrons. The molecule has 5 heteroatoms. The van der Waals surface area contributed by atoms with Crippen LogP contribution in [0.3, 0.4) is 0 Å². The number of nitriles is 1. The number of anilines is 1. The van der Waals surface area contributed by atoms with Gasteiger partial charge < -0.3 is 11.1 Å². The van der Waals surface area contributed by atoms with Gasteiger partial charge in [-0.2, -0.15) is 5.26 Å². The maximum Gasteiger partial charge on any atom is 0.186 e. The molecule has 1 aromatic heterocycles. The summed E-state index contributed by atoms with van der Waals surface area (Å²) < 4.78 is 0. The Bertz CT molecular complexity index is 544. The molecule has 0 aliphatic heterocycles. The maximum absolute atomic E-state index is 8.95. The van der Waals surface area contributed by atoms with Crippen molar-refractivity contribution in [3.63, 3.8) is 0 Å². The first-order chi connectivity index (χ1) is 7.86. The molecule has 0 aliphatic rings. The quantitative estimate of drug-likeness (QED) is 0.789. The first kappa shape index (κ1) is 10.3. The Morgan fingerprint density at radius 2 is 2.12 bits per heavy atom. The van der Waals surface area contributed by atoms with Gasteiger partial charge >= 0.3 is 0 Å². The van der Waals surface area contributed by atoms with Gasteiger partial charge in [-0.1, -0.05) is 18.2 Å². The van der Waals surface area contributed by atoms with Gasteiger partial charge in [0.25, 0.3) is 0 Å². The van der Waals surface area contributed by atoms with Crippen LogP contribution in [-0.2, 0) is 0 Å². The van der Waals surface area contributed by atoms with Crippen molar-refractivity contribution < 1.29 is 0 Å². The normalized spacial score (nSPS) is 10.0. The van der Waals surface area contributed by atoms with Gasteiger partial charge in [0.05, 0.1) is 11.2 Å². The van der Waals surface area contributed by atoms with Gasteiger partial charge in [0, 0.05) is 18.5 Å². The lowest BCUT2D eigenvalue weighted by Gasteiger charge is -2.08. The van der Waals surface area contributed by atoms with Crippen LogP contribution in [0.5, 0.6) is 0 Å². The van der Waals surface area contributed by atoms with Gasteiger partial charge in [-0.15, -0.1) is 10.2 Å². The Labute approximate surface area is 92.9 Å². The maximum atomic E-state index is 8.95. The van der Waals surface area contributed by atoms with E-state index in [0.717, 1.165) is 10.9 Å². The van der Waals surface area contributed by atoms with Crippen LogP contribution >= 0.6 is 0 Å². The van der Waals surface area contributed by atoms with E-state index < -0.39 is 0 Å². The summed E-state index contributed by atoms with van der Waals surface area (Å²) in [4.78, 5) is 0. The SMILES string of the molecule is N#Cc1nnc2ccccc2c1NCCN. The minimum Gasteiger partial charge on any atom is -0.381 e. The van der Waals surface area contributed by atoms with Crippen molar-refractivity contribution in [2.75, 3.05) is 18.4 Å². The van der Waals surface area contributed by atoms with Crippen LogP contribution in [0.2, 0.25) is 0 Å². The zero-order valence-electron chi connectivity index (χ0n) is 8.64. The molecule has 0 saturated heterocycles. The second-order valence-electron chi connectivity index (χ2n) is 3.27. The zero-order chi connectivity index (χ0) is 11.4. The van der Waals surface area contributed by atoms with E-state index in [0.29, 0.717) is 24.5 Å². The van der Waals surface area contributed by atoms with Crippen molar-refractivity contribution in [2.24, 2.45) is 5.73 Å². The molecule has 5 nitrogen and oxygen atoms in total. The summed E-state index contributed by atoms with van der Waals surface area (Å²) in [6, 6.07) is 9.57. The Morgan fingerprint density at radius 1 is 1.31 bits per heavy atom. The molecule has 0 bridgehead atoms. The summed E-state index contributed by atoms with van der Waals surface area (Å²) in [6.45, 7) is 1.10. The van der Waals surface area contributed by atoms with Crippen LogP contribution in [-0.4, -0.2) is 23.3 Å². The van der Waals surface area contributed by atoms with Crippen molar-refractivity contribution in [3.8, 4) is 6.07 Å². The number of rotatable bonds is 3. The van der Waals surface area contributed by atoms with Gasteiger partial charge in [-0.05, 0) is 6.07 Å². The molecule has 2 rings (SSSR count). The first-order valence-corrected chi connectivity index (χ1v) is 4.96. The highest BCUT2D eigenvalue weighted by molar-refractivity contribution is 5.92. The summed E-state index contributed by atoms with van der Waals surface area (Å²) in [7, 11) is 0. The number of hydrogen-bond acceptors (Lipinski definition) is 5. The third-order valence-corrected chi connectivity index (χ3v) is 2.22. The fourth-order valence-electron chi connectivity index (χ4n) is 1.51. The number of fused-ring (bicyclic) bond motifs is 1. The van der Waals surface area contributed by atoms with E-state index in [1.165, 1.54) is 0 Å². The number of nitrogens with one attached hydrogen (secondary N) is 1. The summed E-state index contributed by atoms with van der Waals surface area (Å²) >= 11 is 0. The van der Waals surface area contributed by atoms with Gasteiger partial charge in [-0.3, -0.25) is 0 Å². The lowest BCUT2D eigenvalue weighted by atomic mass is 10.1. The van der Waals surface area contributed by atoms with Crippen LogP contribution in [0.1, 0.15) is 5.69 Å². The summed E-state index contributed by atoms with van der Waals surface area (Å²) in [5.41, 5.74) is 7.20. The summed E-state index contributed by atoms with van der Waals surface area (Å²) in [6.07, 6.45) is 0. The number of nitrogens with two attached hydrogens (primary N) is 1. The van der Waals surface area contributed by atoms with Gasteiger partial charge in [0.1, 0.15) is 6.07 Å². The number of hydrogen-bond donors (Lipinski definition) is 2. The van der Waals surface area contributed by atoms with Crippen molar-refractivity contribution in [1.29, 1.82) is 5.26 Å². The monoisotopic (exact) mass is 213 g/mol. The molecule has 16 heavy (non-hydrogen) atoms. The van der Waals surface area contributed by atoms with Crippen molar-refractivity contribution in [2.45, 2.75) is 0 Å². The van der Waals surface area contributed by atoms with Gasteiger partial charge in [0.15, 0.2) is 5.69 Å². The van der Waals surface area contributed by atoms with E-state index in [1.807, 2.05) is 30.3 Å².